The van der Waals surface area contributed by atoms with Crippen LogP contribution in [0.15, 0.2) is 18.2 Å². The molecular formula is C8H7FN4O4. The van der Waals surface area contributed by atoms with Gasteiger partial charge in [-0.1, -0.05) is 0 Å². The Kier molecular flexibility index (Phi) is 3.55. The monoisotopic (exact) mass is 242 g/mol. The van der Waals surface area contributed by atoms with Crippen LogP contribution >= 0.6 is 0 Å². The highest BCUT2D eigenvalue weighted by atomic mass is 19.1. The SMILES string of the molecule is NC(=O)NNC(=O)c1cc(F)ccc1[N+](=O)[O-]. The van der Waals surface area contributed by atoms with Gasteiger partial charge >= 0.3 is 6.03 Å². The summed E-state index contributed by atoms with van der Waals surface area (Å²) in [5.41, 5.74) is 7.07. The van der Waals surface area contributed by atoms with E-state index < -0.39 is 33.9 Å². The van der Waals surface area contributed by atoms with Crippen LogP contribution in [-0.4, -0.2) is 16.9 Å². The average molecular weight is 242 g/mol. The summed E-state index contributed by atoms with van der Waals surface area (Å²) in [6, 6.07) is 1.30. The molecule has 0 aliphatic carbocycles. The van der Waals surface area contributed by atoms with E-state index in [1.54, 1.807) is 10.9 Å². The third-order valence-electron chi connectivity index (χ3n) is 1.70. The summed E-state index contributed by atoms with van der Waals surface area (Å²) in [5.74, 6) is -1.87. The standard InChI is InChI=1S/C8H7FN4O4/c9-4-1-2-6(13(16)17)5(3-4)7(14)11-12-8(10)15/h1-3H,(H,11,14)(H3,10,12,15). The minimum absolute atomic E-state index is 0.524. The lowest BCUT2D eigenvalue weighted by atomic mass is 10.1. The molecule has 1 aromatic carbocycles. The number of halogens is 1. The lowest BCUT2D eigenvalue weighted by Gasteiger charge is -2.05. The molecule has 17 heavy (non-hydrogen) atoms. The van der Waals surface area contributed by atoms with E-state index in [9.17, 15) is 24.1 Å². The first-order valence-electron chi connectivity index (χ1n) is 4.21. The molecule has 9 heteroatoms. The van der Waals surface area contributed by atoms with Gasteiger partial charge in [-0.3, -0.25) is 20.3 Å². The second kappa shape index (κ2) is 4.88. The quantitative estimate of drug-likeness (QED) is 0.499. The molecule has 0 saturated carbocycles. The third-order valence-corrected chi connectivity index (χ3v) is 1.70. The van der Waals surface area contributed by atoms with Crippen molar-refractivity contribution in [1.29, 1.82) is 0 Å². The highest BCUT2D eigenvalue weighted by molar-refractivity contribution is 5.98. The molecule has 3 amide bonds. The summed E-state index contributed by atoms with van der Waals surface area (Å²) >= 11 is 0. The van der Waals surface area contributed by atoms with E-state index in [0.29, 0.717) is 6.07 Å². The molecule has 0 saturated heterocycles. The minimum Gasteiger partial charge on any atom is -0.350 e. The van der Waals surface area contributed by atoms with Crippen LogP contribution in [0.2, 0.25) is 0 Å². The van der Waals surface area contributed by atoms with Gasteiger partial charge in [0, 0.05) is 6.07 Å². The molecule has 0 aliphatic rings. The number of rotatable bonds is 2. The van der Waals surface area contributed by atoms with Gasteiger partial charge < -0.3 is 5.73 Å². The molecule has 4 N–H and O–H groups in total. The van der Waals surface area contributed by atoms with Crippen molar-refractivity contribution in [2.75, 3.05) is 0 Å². The van der Waals surface area contributed by atoms with Crippen LogP contribution in [-0.2, 0) is 0 Å². The van der Waals surface area contributed by atoms with Crippen molar-refractivity contribution >= 4 is 17.6 Å². The molecule has 90 valence electrons. The molecule has 0 fully saturated rings. The molecule has 0 atom stereocenters. The van der Waals surface area contributed by atoms with Gasteiger partial charge in [0.15, 0.2) is 0 Å². The number of carbonyl (C=O) groups excluding carboxylic acids is 2. The maximum absolute atomic E-state index is 12.9. The van der Waals surface area contributed by atoms with Gasteiger partial charge in [0.1, 0.15) is 11.4 Å². The molecule has 0 heterocycles. The molecule has 0 aromatic heterocycles. The van der Waals surface area contributed by atoms with Crippen molar-refractivity contribution in [2.24, 2.45) is 5.73 Å². The number of benzene rings is 1. The molecular weight excluding hydrogens is 235 g/mol. The lowest BCUT2D eigenvalue weighted by molar-refractivity contribution is -0.385. The van der Waals surface area contributed by atoms with Crippen molar-refractivity contribution in [2.45, 2.75) is 0 Å². The van der Waals surface area contributed by atoms with Crippen molar-refractivity contribution in [3.8, 4) is 0 Å². The zero-order valence-electron chi connectivity index (χ0n) is 8.27. The minimum atomic E-state index is -1.06. The predicted octanol–water partition coefficient (Wildman–Crippen LogP) is 0.0470. The summed E-state index contributed by atoms with van der Waals surface area (Å²) in [6.45, 7) is 0. The Balaban J connectivity index is 3.02. The Morgan fingerprint density at radius 2 is 2.00 bits per heavy atom. The maximum Gasteiger partial charge on any atom is 0.330 e. The van der Waals surface area contributed by atoms with Crippen LogP contribution in [0.3, 0.4) is 0 Å². The molecule has 0 spiro atoms. The van der Waals surface area contributed by atoms with Crippen LogP contribution in [0.4, 0.5) is 14.9 Å². The fourth-order valence-electron chi connectivity index (χ4n) is 1.04. The zero-order valence-corrected chi connectivity index (χ0v) is 8.27. The Morgan fingerprint density at radius 1 is 1.35 bits per heavy atom. The normalized spacial score (nSPS) is 9.47. The second-order valence-corrected chi connectivity index (χ2v) is 2.86. The average Bonchev–Trinajstić information content (AvgIpc) is 2.25. The number of nitrogens with zero attached hydrogens (tertiary/aromatic N) is 1. The second-order valence-electron chi connectivity index (χ2n) is 2.86. The van der Waals surface area contributed by atoms with E-state index in [-0.39, 0.29) is 0 Å². The molecule has 1 aromatic rings. The number of nitro benzene ring substituents is 1. The van der Waals surface area contributed by atoms with Crippen molar-refractivity contribution in [3.63, 3.8) is 0 Å². The number of carbonyl (C=O) groups is 2. The van der Waals surface area contributed by atoms with Crippen LogP contribution in [0.25, 0.3) is 0 Å². The van der Waals surface area contributed by atoms with E-state index in [0.717, 1.165) is 12.1 Å². The van der Waals surface area contributed by atoms with E-state index in [1.807, 2.05) is 0 Å². The van der Waals surface area contributed by atoms with Gasteiger partial charge in [0.25, 0.3) is 11.6 Å². The van der Waals surface area contributed by atoms with E-state index in [2.05, 4.69) is 5.73 Å². The summed E-state index contributed by atoms with van der Waals surface area (Å²) < 4.78 is 12.9. The molecule has 0 radical (unpaired) electrons. The van der Waals surface area contributed by atoms with Gasteiger partial charge in [-0.2, -0.15) is 0 Å². The van der Waals surface area contributed by atoms with Crippen LogP contribution < -0.4 is 16.6 Å². The summed E-state index contributed by atoms with van der Waals surface area (Å²) in [5, 5.41) is 10.6. The number of hydrogen-bond acceptors (Lipinski definition) is 4. The summed E-state index contributed by atoms with van der Waals surface area (Å²) in [4.78, 5) is 31.4. The van der Waals surface area contributed by atoms with Crippen LogP contribution in [0.5, 0.6) is 0 Å². The van der Waals surface area contributed by atoms with E-state index >= 15 is 0 Å². The fourth-order valence-corrected chi connectivity index (χ4v) is 1.04. The van der Waals surface area contributed by atoms with E-state index in [4.69, 9.17) is 0 Å². The van der Waals surface area contributed by atoms with Crippen LogP contribution in [0, 0.1) is 15.9 Å². The van der Waals surface area contributed by atoms with Gasteiger partial charge in [0.2, 0.25) is 0 Å². The van der Waals surface area contributed by atoms with Gasteiger partial charge in [0.05, 0.1) is 4.92 Å². The molecule has 8 nitrogen and oxygen atoms in total. The number of amides is 3. The first-order chi connectivity index (χ1) is 7.91. The number of nitrogens with one attached hydrogen (secondary N) is 2. The molecule has 0 bridgehead atoms. The summed E-state index contributed by atoms with van der Waals surface area (Å²) in [6.07, 6.45) is 0. The van der Waals surface area contributed by atoms with Crippen molar-refractivity contribution < 1.29 is 18.9 Å². The molecule has 0 unspecified atom stereocenters. The van der Waals surface area contributed by atoms with Gasteiger partial charge in [-0.25, -0.2) is 14.6 Å². The number of nitro groups is 1. The number of nitrogens with two attached hydrogens (primary N) is 1. The van der Waals surface area contributed by atoms with Gasteiger partial charge in [-0.05, 0) is 12.1 Å². The Morgan fingerprint density at radius 3 is 2.53 bits per heavy atom. The zero-order chi connectivity index (χ0) is 13.0. The fraction of sp³-hybridized carbons (Fsp3) is 0. The highest BCUT2D eigenvalue weighted by Crippen LogP contribution is 2.18. The number of hydrogen-bond donors (Lipinski definition) is 3. The first-order valence-corrected chi connectivity index (χ1v) is 4.21. The van der Waals surface area contributed by atoms with Crippen LogP contribution in [0.1, 0.15) is 10.4 Å². The van der Waals surface area contributed by atoms with E-state index in [1.165, 1.54) is 0 Å². The Bertz CT molecular complexity index is 490. The highest BCUT2D eigenvalue weighted by Gasteiger charge is 2.20. The molecule has 0 aliphatic heterocycles. The largest absolute Gasteiger partial charge is 0.350 e. The lowest BCUT2D eigenvalue weighted by Crippen LogP contribution is -2.44. The van der Waals surface area contributed by atoms with Gasteiger partial charge in [-0.15, -0.1) is 0 Å². The molecule has 1 rings (SSSR count). The van der Waals surface area contributed by atoms with Crippen molar-refractivity contribution in [3.05, 3.63) is 39.7 Å². The first kappa shape index (κ1) is 12.4. The van der Waals surface area contributed by atoms with Crippen molar-refractivity contribution in [1.82, 2.24) is 10.9 Å². The maximum atomic E-state index is 12.9. The Hall–Kier alpha value is -2.71. The number of hydrazine groups is 1. The Labute approximate surface area is 93.7 Å². The number of primary amides is 1. The summed E-state index contributed by atoms with van der Waals surface area (Å²) in [7, 11) is 0. The third kappa shape index (κ3) is 3.12. The number of urea groups is 1. The predicted molar refractivity (Wildman–Crippen MR) is 53.2 cm³/mol. The topological polar surface area (TPSA) is 127 Å². The smallest absolute Gasteiger partial charge is 0.330 e.